The number of hydrogen-bond donors (Lipinski definition) is 4. The summed E-state index contributed by atoms with van der Waals surface area (Å²) in [4.78, 5) is 15.3. The Morgan fingerprint density at radius 1 is 1.32 bits per heavy atom. The van der Waals surface area contributed by atoms with E-state index in [2.05, 4.69) is 21.0 Å². The fourth-order valence-electron chi connectivity index (χ4n) is 5.06. The van der Waals surface area contributed by atoms with Crippen molar-refractivity contribution in [3.63, 3.8) is 0 Å². The number of hydrogen-bond acceptors (Lipinski definition) is 10. The third kappa shape index (κ3) is 3.09. The molecule has 0 saturated carbocycles. The summed E-state index contributed by atoms with van der Waals surface area (Å²) in [7, 11) is 1.64. The van der Waals surface area contributed by atoms with Crippen LogP contribution >= 0.6 is 0 Å². The van der Waals surface area contributed by atoms with Crippen molar-refractivity contribution in [1.29, 1.82) is 0 Å². The molecule has 10 heteroatoms. The predicted molar refractivity (Wildman–Crippen MR) is 113 cm³/mol. The Morgan fingerprint density at radius 2 is 2.16 bits per heavy atom. The molecule has 2 unspecified atom stereocenters. The number of ether oxygens (including phenoxy) is 2. The Morgan fingerprint density at radius 3 is 2.90 bits per heavy atom. The SMILES string of the molecule is COc1ccc2c(c1)C(C1(N)N=CN=C3C1=NCN3[C@@H]1O[C@H](CO)[C@@H](O)[C@H]1O)CCC2. The Bertz CT molecular complexity index is 965. The van der Waals surface area contributed by atoms with Crippen molar-refractivity contribution >= 4 is 17.9 Å². The smallest absolute Gasteiger partial charge is 0.162 e. The second kappa shape index (κ2) is 7.64. The van der Waals surface area contributed by atoms with Crippen molar-refractivity contribution in [3.8, 4) is 5.75 Å². The predicted octanol–water partition coefficient (Wildman–Crippen LogP) is -0.636. The molecule has 0 aromatic heterocycles. The van der Waals surface area contributed by atoms with Crippen LogP contribution < -0.4 is 10.5 Å². The monoisotopic (exact) mass is 429 g/mol. The van der Waals surface area contributed by atoms with Crippen LogP contribution in [0, 0.1) is 0 Å². The normalized spacial score (nSPS) is 36.7. The molecule has 0 spiro atoms. The van der Waals surface area contributed by atoms with Gasteiger partial charge in [0.2, 0.25) is 0 Å². The Labute approximate surface area is 179 Å². The van der Waals surface area contributed by atoms with Gasteiger partial charge in [-0.2, -0.15) is 0 Å². The third-order valence-corrected chi connectivity index (χ3v) is 6.72. The molecule has 4 aliphatic rings. The minimum absolute atomic E-state index is 0.114. The number of methoxy groups -OCH3 is 1. The van der Waals surface area contributed by atoms with Gasteiger partial charge in [-0.05, 0) is 42.5 Å². The van der Waals surface area contributed by atoms with Crippen LogP contribution in [-0.2, 0) is 11.2 Å². The van der Waals surface area contributed by atoms with Gasteiger partial charge in [0.25, 0.3) is 0 Å². The average molecular weight is 429 g/mol. The lowest BCUT2D eigenvalue weighted by Crippen LogP contribution is -2.58. The Hall–Kier alpha value is -2.37. The summed E-state index contributed by atoms with van der Waals surface area (Å²) in [5, 5.41) is 30.0. The van der Waals surface area contributed by atoms with Gasteiger partial charge in [0.15, 0.2) is 17.7 Å². The van der Waals surface area contributed by atoms with Gasteiger partial charge in [-0.3, -0.25) is 4.99 Å². The molecule has 10 nitrogen and oxygen atoms in total. The van der Waals surface area contributed by atoms with Crippen molar-refractivity contribution in [2.45, 2.75) is 55.4 Å². The summed E-state index contributed by atoms with van der Waals surface area (Å²) >= 11 is 0. The quantitative estimate of drug-likeness (QED) is 0.498. The van der Waals surface area contributed by atoms with Gasteiger partial charge in [-0.15, -0.1) is 0 Å². The molecule has 0 radical (unpaired) electrons. The lowest BCUT2D eigenvalue weighted by atomic mass is 9.73. The van der Waals surface area contributed by atoms with Crippen molar-refractivity contribution < 1.29 is 24.8 Å². The zero-order valence-corrected chi connectivity index (χ0v) is 17.3. The Kier molecular flexibility index (Phi) is 5.06. The van der Waals surface area contributed by atoms with Gasteiger partial charge in [0.05, 0.1) is 13.7 Å². The van der Waals surface area contributed by atoms with E-state index in [9.17, 15) is 15.3 Å². The second-order valence-electron chi connectivity index (χ2n) is 8.38. The van der Waals surface area contributed by atoms with E-state index < -0.39 is 36.8 Å². The van der Waals surface area contributed by atoms with E-state index in [1.807, 2.05) is 12.1 Å². The summed E-state index contributed by atoms with van der Waals surface area (Å²) in [5.41, 5.74) is 8.67. The number of nitrogens with two attached hydrogens (primary N) is 1. The molecule has 1 saturated heterocycles. The highest BCUT2D eigenvalue weighted by molar-refractivity contribution is 6.47. The van der Waals surface area contributed by atoms with Crippen LogP contribution in [0.4, 0.5) is 0 Å². The van der Waals surface area contributed by atoms with Crippen LogP contribution in [0.25, 0.3) is 0 Å². The number of aryl methyl sites for hydroxylation is 1. The molecule has 1 aromatic carbocycles. The van der Waals surface area contributed by atoms with Crippen molar-refractivity contribution in [2.75, 3.05) is 20.4 Å². The third-order valence-electron chi connectivity index (χ3n) is 6.72. The maximum Gasteiger partial charge on any atom is 0.162 e. The van der Waals surface area contributed by atoms with Crippen molar-refractivity contribution in [1.82, 2.24) is 4.90 Å². The number of fused-ring (bicyclic) bond motifs is 2. The van der Waals surface area contributed by atoms with E-state index in [1.54, 1.807) is 12.0 Å². The highest BCUT2D eigenvalue weighted by atomic mass is 16.6. The maximum atomic E-state index is 10.5. The highest BCUT2D eigenvalue weighted by Crippen LogP contribution is 2.43. The van der Waals surface area contributed by atoms with Crippen LogP contribution in [0.1, 0.15) is 29.9 Å². The molecular formula is C21H27N5O5. The summed E-state index contributed by atoms with van der Waals surface area (Å²) in [6.07, 6.45) is 0.0617. The largest absolute Gasteiger partial charge is 0.497 e. The fraction of sp³-hybridized carbons (Fsp3) is 0.571. The molecule has 1 fully saturated rings. The minimum atomic E-state index is -1.21. The summed E-state index contributed by atoms with van der Waals surface area (Å²) in [6, 6.07) is 6.05. The van der Waals surface area contributed by atoms with Gasteiger partial charge < -0.3 is 35.4 Å². The number of rotatable bonds is 4. The number of aliphatic imine (C=N–C) groups is 3. The molecule has 1 aromatic rings. The van der Waals surface area contributed by atoms with E-state index in [-0.39, 0.29) is 12.6 Å². The number of amidine groups is 1. The molecule has 6 atom stereocenters. The number of benzene rings is 1. The first kappa shape index (κ1) is 20.5. The molecule has 1 aliphatic carbocycles. The highest BCUT2D eigenvalue weighted by Gasteiger charge is 2.53. The molecule has 0 bridgehead atoms. The summed E-state index contributed by atoms with van der Waals surface area (Å²) in [5.74, 6) is 1.13. The fourth-order valence-corrected chi connectivity index (χ4v) is 5.06. The maximum absolute atomic E-state index is 10.5. The van der Waals surface area contributed by atoms with E-state index >= 15 is 0 Å². The molecule has 3 heterocycles. The van der Waals surface area contributed by atoms with E-state index in [1.165, 1.54) is 11.9 Å². The summed E-state index contributed by atoms with van der Waals surface area (Å²) in [6.45, 7) is -0.230. The van der Waals surface area contributed by atoms with E-state index in [0.29, 0.717) is 11.5 Å². The van der Waals surface area contributed by atoms with Crippen LogP contribution in [0.5, 0.6) is 5.75 Å². The van der Waals surface area contributed by atoms with Gasteiger partial charge in [-0.1, -0.05) is 6.07 Å². The molecule has 5 rings (SSSR count). The standard InChI is InChI=1S/C21H27N5O5/c1-30-12-6-5-11-3-2-4-14(13(11)7-12)21(22)18-19(23-9-25-21)26(10-24-18)20-17(29)16(28)15(8-27)31-20/h5-7,9,14-17,20,27-29H,2-4,8,10,22H2,1H3/t14?,15-,16-,17-,20-,21?/m1/s1. The van der Waals surface area contributed by atoms with E-state index in [0.717, 1.165) is 30.6 Å². The van der Waals surface area contributed by atoms with Crippen LogP contribution in [-0.4, -0.2) is 88.7 Å². The van der Waals surface area contributed by atoms with Gasteiger partial charge in [0, 0.05) is 5.92 Å². The van der Waals surface area contributed by atoms with Gasteiger partial charge >= 0.3 is 0 Å². The molecule has 3 aliphatic heterocycles. The van der Waals surface area contributed by atoms with Crippen LogP contribution in [0.15, 0.2) is 33.2 Å². The zero-order valence-electron chi connectivity index (χ0n) is 17.3. The molecule has 166 valence electrons. The lowest BCUT2D eigenvalue weighted by molar-refractivity contribution is -0.0688. The molecule has 31 heavy (non-hydrogen) atoms. The first-order valence-corrected chi connectivity index (χ1v) is 10.5. The number of aliphatic hydroxyl groups is 3. The molecular weight excluding hydrogens is 402 g/mol. The van der Waals surface area contributed by atoms with Crippen LogP contribution in [0.2, 0.25) is 0 Å². The second-order valence-corrected chi connectivity index (χ2v) is 8.38. The topological polar surface area (TPSA) is 145 Å². The number of nitrogens with zero attached hydrogens (tertiary/aromatic N) is 4. The van der Waals surface area contributed by atoms with E-state index in [4.69, 9.17) is 15.2 Å². The lowest BCUT2D eigenvalue weighted by Gasteiger charge is -2.40. The number of aliphatic hydroxyl groups excluding tert-OH is 3. The Balaban J connectivity index is 1.47. The molecule has 5 N–H and O–H groups in total. The van der Waals surface area contributed by atoms with Crippen molar-refractivity contribution in [2.24, 2.45) is 20.7 Å². The first-order valence-electron chi connectivity index (χ1n) is 10.5. The van der Waals surface area contributed by atoms with Gasteiger partial charge in [-0.25, -0.2) is 9.98 Å². The summed E-state index contributed by atoms with van der Waals surface area (Å²) < 4.78 is 11.1. The zero-order chi connectivity index (χ0) is 21.8. The average Bonchev–Trinajstić information content (AvgIpc) is 3.35. The molecule has 0 amide bonds. The van der Waals surface area contributed by atoms with Crippen molar-refractivity contribution in [3.05, 3.63) is 29.3 Å². The van der Waals surface area contributed by atoms with Crippen LogP contribution in [0.3, 0.4) is 0 Å². The van der Waals surface area contributed by atoms with Gasteiger partial charge in [0.1, 0.15) is 42.8 Å². The minimum Gasteiger partial charge on any atom is -0.497 e. The first-order chi connectivity index (χ1) is 15.0.